The van der Waals surface area contributed by atoms with Crippen molar-refractivity contribution in [2.24, 2.45) is 17.1 Å². The van der Waals surface area contributed by atoms with Crippen molar-refractivity contribution in [3.63, 3.8) is 0 Å². The highest BCUT2D eigenvalue weighted by Crippen LogP contribution is 2.38. The highest BCUT2D eigenvalue weighted by atomic mass is 32.1. The Labute approximate surface area is 126 Å². The molecule has 1 aliphatic rings. The predicted molar refractivity (Wildman–Crippen MR) is 85.5 cm³/mol. The Morgan fingerprint density at radius 3 is 2.70 bits per heavy atom. The fraction of sp³-hybridized carbons (Fsp3) is 0.438. The number of carbonyl (C=O) groups is 1. The molecule has 2 radical (unpaired) electrons. The number of carbonyl (C=O) groups excluding carboxylic acids is 1. The lowest BCUT2D eigenvalue weighted by atomic mass is 9.77. The Morgan fingerprint density at radius 2 is 2.10 bits per heavy atom. The zero-order valence-corrected chi connectivity index (χ0v) is 13.0. The van der Waals surface area contributed by atoms with Crippen LogP contribution in [0.3, 0.4) is 0 Å². The van der Waals surface area contributed by atoms with Gasteiger partial charge in [0, 0.05) is 18.0 Å². The van der Waals surface area contributed by atoms with E-state index in [9.17, 15) is 4.79 Å². The zero-order valence-electron chi connectivity index (χ0n) is 12.1. The summed E-state index contributed by atoms with van der Waals surface area (Å²) < 4.78 is 0. The molecule has 1 aromatic carbocycles. The van der Waals surface area contributed by atoms with E-state index in [0.29, 0.717) is 11.4 Å². The lowest BCUT2D eigenvalue weighted by Gasteiger charge is -2.32. The van der Waals surface area contributed by atoms with E-state index in [1.165, 1.54) is 0 Å². The van der Waals surface area contributed by atoms with Gasteiger partial charge in [0.15, 0.2) is 0 Å². The molecule has 3 nitrogen and oxygen atoms in total. The molecular formula is C16H20N2OS. The molecule has 4 heteroatoms. The second-order valence-corrected chi connectivity index (χ2v) is 6.73. The van der Waals surface area contributed by atoms with E-state index in [1.807, 2.05) is 24.3 Å². The summed E-state index contributed by atoms with van der Waals surface area (Å²) >= 11 is 5.00. The number of hydrogen-bond acceptors (Lipinski definition) is 2. The number of rotatable bonds is 2. The van der Waals surface area contributed by atoms with E-state index in [1.54, 1.807) is 4.90 Å². The molecule has 20 heavy (non-hydrogen) atoms. The molecule has 1 aliphatic heterocycles. The van der Waals surface area contributed by atoms with Crippen molar-refractivity contribution in [3.05, 3.63) is 36.2 Å². The van der Waals surface area contributed by atoms with Gasteiger partial charge in [0.05, 0.1) is 11.5 Å². The van der Waals surface area contributed by atoms with E-state index >= 15 is 0 Å². The third kappa shape index (κ3) is 3.01. The molecule has 0 aromatic heterocycles. The smallest absolute Gasteiger partial charge is 0.231 e. The van der Waals surface area contributed by atoms with Crippen molar-refractivity contribution in [1.82, 2.24) is 0 Å². The standard InChI is InChI=1S/C16H20N2OS/c1-16(2,3)12-9-8-11-6-4-5-7-13(11)18(15(12)19)10-14(17)20/h4-7,12H,9-10H2,1-3H3,(H2,17,20). The van der Waals surface area contributed by atoms with Gasteiger partial charge in [-0.1, -0.05) is 51.2 Å². The van der Waals surface area contributed by atoms with Gasteiger partial charge in [0.25, 0.3) is 0 Å². The summed E-state index contributed by atoms with van der Waals surface area (Å²) in [6.45, 7) is 6.50. The fourth-order valence-corrected chi connectivity index (χ4v) is 2.59. The van der Waals surface area contributed by atoms with Gasteiger partial charge in [-0.3, -0.25) is 4.79 Å². The molecule has 0 fully saturated rings. The van der Waals surface area contributed by atoms with Gasteiger partial charge in [-0.15, -0.1) is 0 Å². The van der Waals surface area contributed by atoms with E-state index in [0.717, 1.165) is 11.3 Å². The summed E-state index contributed by atoms with van der Waals surface area (Å²) in [5.41, 5.74) is 7.33. The van der Waals surface area contributed by atoms with Crippen LogP contribution in [0.25, 0.3) is 0 Å². The lowest BCUT2D eigenvalue weighted by molar-refractivity contribution is -0.125. The number of thiocarbonyl (C=S) groups is 1. The van der Waals surface area contributed by atoms with Crippen molar-refractivity contribution in [3.8, 4) is 0 Å². The van der Waals surface area contributed by atoms with Crippen LogP contribution in [0, 0.1) is 17.8 Å². The Morgan fingerprint density at radius 1 is 1.45 bits per heavy atom. The van der Waals surface area contributed by atoms with E-state index in [2.05, 4.69) is 27.2 Å². The number of nitrogens with two attached hydrogens (primary N) is 1. The molecule has 0 aliphatic carbocycles. The molecular weight excluding hydrogens is 268 g/mol. The third-order valence-electron chi connectivity index (χ3n) is 3.61. The normalized spacial score (nSPS) is 19.4. The second kappa shape index (κ2) is 5.52. The first-order valence-corrected chi connectivity index (χ1v) is 7.14. The van der Waals surface area contributed by atoms with Gasteiger partial charge < -0.3 is 10.6 Å². The topological polar surface area (TPSA) is 46.3 Å². The summed E-state index contributed by atoms with van der Waals surface area (Å²) in [7, 11) is 0. The van der Waals surface area contributed by atoms with Crippen molar-refractivity contribution in [2.45, 2.75) is 27.2 Å². The average molecular weight is 288 g/mol. The second-order valence-electron chi connectivity index (χ2n) is 6.21. The third-order valence-corrected chi connectivity index (χ3v) is 3.74. The maximum atomic E-state index is 12.9. The summed E-state index contributed by atoms with van der Waals surface area (Å²) in [5, 5.41) is 0. The van der Waals surface area contributed by atoms with Gasteiger partial charge in [0.2, 0.25) is 5.91 Å². The SMILES string of the molecule is CC(C)(C)C1C[C]c2ccccc2N(CC(N)=S)C1=O. The summed E-state index contributed by atoms with van der Waals surface area (Å²) in [5.74, 6) is -0.0491. The number of para-hydroxylation sites is 1. The van der Waals surface area contributed by atoms with Crippen molar-refractivity contribution < 1.29 is 4.79 Å². The minimum atomic E-state index is -0.124. The first kappa shape index (κ1) is 15.0. The molecule has 1 aromatic rings. The Balaban J connectivity index is 2.46. The highest BCUT2D eigenvalue weighted by molar-refractivity contribution is 7.80. The largest absolute Gasteiger partial charge is 0.392 e. The van der Waals surface area contributed by atoms with Gasteiger partial charge in [0.1, 0.15) is 0 Å². The van der Waals surface area contributed by atoms with Crippen LogP contribution in [0.1, 0.15) is 32.8 Å². The van der Waals surface area contributed by atoms with Crippen LogP contribution in [0.2, 0.25) is 0 Å². The Kier molecular flexibility index (Phi) is 4.14. The van der Waals surface area contributed by atoms with Crippen LogP contribution in [-0.4, -0.2) is 17.4 Å². The monoisotopic (exact) mass is 288 g/mol. The molecule has 106 valence electrons. The molecule has 1 atom stereocenters. The maximum absolute atomic E-state index is 12.9. The van der Waals surface area contributed by atoms with Crippen LogP contribution < -0.4 is 10.6 Å². The zero-order chi connectivity index (χ0) is 14.9. The number of amides is 1. The highest BCUT2D eigenvalue weighted by Gasteiger charge is 2.37. The number of nitrogens with zero attached hydrogens (tertiary/aromatic N) is 1. The van der Waals surface area contributed by atoms with Crippen LogP contribution in [0.4, 0.5) is 5.69 Å². The lowest BCUT2D eigenvalue weighted by Crippen LogP contribution is -2.44. The van der Waals surface area contributed by atoms with Gasteiger partial charge in [-0.05, 0) is 23.5 Å². The molecule has 0 saturated carbocycles. The van der Waals surface area contributed by atoms with Crippen molar-refractivity contribution in [1.29, 1.82) is 0 Å². The molecule has 2 N–H and O–H groups in total. The molecule has 1 unspecified atom stereocenters. The summed E-state index contributed by atoms with van der Waals surface area (Å²) in [6.07, 6.45) is 3.99. The van der Waals surface area contributed by atoms with E-state index in [-0.39, 0.29) is 23.8 Å². The van der Waals surface area contributed by atoms with Gasteiger partial charge >= 0.3 is 0 Å². The number of anilines is 1. The van der Waals surface area contributed by atoms with Crippen LogP contribution in [0.15, 0.2) is 24.3 Å². The van der Waals surface area contributed by atoms with Gasteiger partial charge in [-0.2, -0.15) is 0 Å². The van der Waals surface area contributed by atoms with E-state index < -0.39 is 0 Å². The Bertz CT molecular complexity index is 534. The number of benzene rings is 1. The van der Waals surface area contributed by atoms with E-state index in [4.69, 9.17) is 18.0 Å². The van der Waals surface area contributed by atoms with Crippen molar-refractivity contribution >= 4 is 28.8 Å². The molecule has 2 rings (SSSR count). The van der Waals surface area contributed by atoms with Crippen LogP contribution in [-0.2, 0) is 4.79 Å². The molecule has 0 spiro atoms. The predicted octanol–water partition coefficient (Wildman–Crippen LogP) is 2.80. The van der Waals surface area contributed by atoms with Crippen molar-refractivity contribution in [2.75, 3.05) is 11.4 Å². The number of fused-ring (bicyclic) bond motifs is 1. The molecule has 0 saturated heterocycles. The molecule has 0 bridgehead atoms. The molecule has 1 amide bonds. The minimum Gasteiger partial charge on any atom is -0.392 e. The van der Waals surface area contributed by atoms with Crippen LogP contribution in [0.5, 0.6) is 0 Å². The maximum Gasteiger partial charge on any atom is 0.231 e. The van der Waals surface area contributed by atoms with Gasteiger partial charge in [-0.25, -0.2) is 0 Å². The first-order chi connectivity index (χ1) is 9.30. The number of hydrogen-bond donors (Lipinski definition) is 1. The fourth-order valence-electron chi connectivity index (χ4n) is 2.46. The first-order valence-electron chi connectivity index (χ1n) is 6.73. The average Bonchev–Trinajstić information content (AvgIpc) is 2.47. The summed E-state index contributed by atoms with van der Waals surface area (Å²) in [6, 6.07) is 7.76. The Hall–Kier alpha value is -1.42. The minimum absolute atomic E-state index is 0.0720. The quantitative estimate of drug-likeness (QED) is 0.851. The molecule has 1 heterocycles. The summed E-state index contributed by atoms with van der Waals surface area (Å²) in [4.78, 5) is 14.9. The van der Waals surface area contributed by atoms with Crippen LogP contribution >= 0.6 is 12.2 Å².